The van der Waals surface area contributed by atoms with Crippen molar-refractivity contribution in [2.45, 2.75) is 19.9 Å². The highest BCUT2D eigenvalue weighted by Gasteiger charge is 2.33. The van der Waals surface area contributed by atoms with Gasteiger partial charge in [0.25, 0.3) is 11.2 Å². The van der Waals surface area contributed by atoms with E-state index >= 15 is 0 Å². The number of carbonyl (C=O) groups excluding carboxylic acids is 1. The Morgan fingerprint density at radius 2 is 1.80 bits per heavy atom. The Bertz CT molecular complexity index is 1860. The highest BCUT2D eigenvalue weighted by atomic mass is 16.6. The van der Waals surface area contributed by atoms with Gasteiger partial charge in [-0.05, 0) is 67.4 Å². The number of esters is 1. The summed E-state index contributed by atoms with van der Waals surface area (Å²) in [6.07, 6.45) is 1.64. The number of aromatic nitrogens is 3. The maximum Gasteiger partial charge on any atom is 0.338 e. The van der Waals surface area contributed by atoms with Crippen LogP contribution in [-0.4, -0.2) is 46.3 Å². The number of H-pyrrole nitrogens is 2. The van der Waals surface area contributed by atoms with Crippen LogP contribution in [0.15, 0.2) is 75.7 Å². The van der Waals surface area contributed by atoms with E-state index in [0.29, 0.717) is 28.5 Å². The molecular weight excluding hydrogens is 530 g/mol. The van der Waals surface area contributed by atoms with Crippen molar-refractivity contribution in [3.8, 4) is 22.8 Å². The van der Waals surface area contributed by atoms with E-state index in [2.05, 4.69) is 15.0 Å². The summed E-state index contributed by atoms with van der Waals surface area (Å²) in [5, 5.41) is 11.2. The maximum absolute atomic E-state index is 13.8. The molecule has 0 saturated carbocycles. The lowest BCUT2D eigenvalue weighted by atomic mass is 9.95. The molecule has 3 heterocycles. The number of carbonyl (C=O) groups is 1. The van der Waals surface area contributed by atoms with E-state index in [0.717, 1.165) is 11.3 Å². The van der Waals surface area contributed by atoms with Crippen LogP contribution in [-0.2, 0) is 9.53 Å². The van der Waals surface area contributed by atoms with Gasteiger partial charge in [0.15, 0.2) is 11.5 Å². The number of nitro benzene ring substituents is 1. The van der Waals surface area contributed by atoms with Crippen molar-refractivity contribution < 1.29 is 23.9 Å². The monoisotopic (exact) mass is 557 g/mol. The zero-order valence-electron chi connectivity index (χ0n) is 22.8. The molecule has 12 heteroatoms. The molecule has 2 aromatic carbocycles. The summed E-state index contributed by atoms with van der Waals surface area (Å²) >= 11 is 0. The van der Waals surface area contributed by atoms with E-state index in [4.69, 9.17) is 14.2 Å². The second kappa shape index (κ2) is 11.0. The third-order valence-corrected chi connectivity index (χ3v) is 6.74. The Morgan fingerprint density at radius 1 is 1.07 bits per heavy atom. The number of hydrogen-bond donors (Lipinski definition) is 2. The topological polar surface area (TPSA) is 154 Å². The number of rotatable bonds is 8. The van der Waals surface area contributed by atoms with Gasteiger partial charge in [-0.1, -0.05) is 6.07 Å². The Morgan fingerprint density at radius 3 is 2.46 bits per heavy atom. The number of imidazole rings is 1. The fourth-order valence-corrected chi connectivity index (χ4v) is 4.81. The molecule has 2 aromatic heterocycles. The van der Waals surface area contributed by atoms with E-state index in [1.54, 1.807) is 56.3 Å². The largest absolute Gasteiger partial charge is 0.493 e. The molecule has 1 aliphatic rings. The number of methoxy groups -OCH3 is 2. The molecule has 12 nitrogen and oxygen atoms in total. The summed E-state index contributed by atoms with van der Waals surface area (Å²) in [4.78, 5) is 48.3. The van der Waals surface area contributed by atoms with E-state index in [1.165, 1.54) is 30.9 Å². The van der Waals surface area contributed by atoms with E-state index in [-0.39, 0.29) is 28.8 Å². The zero-order valence-corrected chi connectivity index (χ0v) is 22.8. The summed E-state index contributed by atoms with van der Waals surface area (Å²) in [5.74, 6) is 0.367. The van der Waals surface area contributed by atoms with Gasteiger partial charge in [-0.15, -0.1) is 0 Å². The molecule has 0 saturated heterocycles. The molecule has 1 aliphatic heterocycles. The summed E-state index contributed by atoms with van der Waals surface area (Å²) < 4.78 is 17.6. The molecule has 0 spiro atoms. The minimum atomic E-state index is -0.841. The highest BCUT2D eigenvalue weighted by molar-refractivity contribution is 5.91. The number of benzene rings is 2. The third-order valence-electron chi connectivity index (χ3n) is 6.74. The molecule has 1 unspecified atom stereocenters. The minimum absolute atomic E-state index is 0.00375. The number of ether oxygens (including phenoxy) is 3. The average Bonchev–Trinajstić information content (AvgIpc) is 3.56. The second-order valence-corrected chi connectivity index (χ2v) is 9.16. The normalized spacial score (nSPS) is 14.8. The van der Waals surface area contributed by atoms with Crippen molar-refractivity contribution in [1.29, 1.82) is 0 Å². The van der Waals surface area contributed by atoms with Crippen LogP contribution in [0, 0.1) is 10.1 Å². The number of hydrogen-bond acceptors (Lipinski definition) is 8. The molecule has 1 atom stereocenters. The van der Waals surface area contributed by atoms with Gasteiger partial charge < -0.3 is 24.2 Å². The molecular formula is C29H27N5O7. The smallest absolute Gasteiger partial charge is 0.338 e. The molecule has 0 bridgehead atoms. The Balaban J connectivity index is 1.62. The van der Waals surface area contributed by atoms with Crippen LogP contribution in [0.2, 0.25) is 0 Å². The lowest BCUT2D eigenvalue weighted by Gasteiger charge is -2.25. The van der Waals surface area contributed by atoms with Crippen LogP contribution in [0.4, 0.5) is 5.69 Å². The maximum atomic E-state index is 13.8. The average molecular weight is 558 g/mol. The van der Waals surface area contributed by atoms with Crippen molar-refractivity contribution in [3.63, 3.8) is 0 Å². The number of aromatic amines is 2. The van der Waals surface area contributed by atoms with Crippen LogP contribution >= 0.6 is 0 Å². The third kappa shape index (κ3) is 5.02. The van der Waals surface area contributed by atoms with Crippen LogP contribution < -0.4 is 26.0 Å². The number of allylic oxidation sites excluding steroid dienone is 1. The summed E-state index contributed by atoms with van der Waals surface area (Å²) in [6.45, 7) is 3.56. The first-order chi connectivity index (χ1) is 19.7. The second-order valence-electron chi connectivity index (χ2n) is 9.16. The fourth-order valence-electron chi connectivity index (χ4n) is 4.81. The fraction of sp³-hybridized carbons (Fsp3) is 0.207. The van der Waals surface area contributed by atoms with Gasteiger partial charge in [0, 0.05) is 23.5 Å². The molecule has 0 radical (unpaired) electrons. The molecule has 5 rings (SSSR count). The number of nitrogens with zero attached hydrogens (tertiary/aromatic N) is 3. The summed E-state index contributed by atoms with van der Waals surface area (Å²) in [5.41, 5.74) is 3.21. The summed E-state index contributed by atoms with van der Waals surface area (Å²) in [6, 6.07) is 14.1. The van der Waals surface area contributed by atoms with Gasteiger partial charge in [0.2, 0.25) is 5.62 Å². The predicted molar refractivity (Wildman–Crippen MR) is 149 cm³/mol. The Kier molecular flexibility index (Phi) is 7.30. The van der Waals surface area contributed by atoms with Gasteiger partial charge in [0.05, 0.1) is 43.1 Å². The van der Waals surface area contributed by atoms with Crippen molar-refractivity contribution >= 4 is 17.7 Å². The number of nitrogens with one attached hydrogen (secondary N) is 2. The van der Waals surface area contributed by atoms with E-state index < -0.39 is 22.5 Å². The molecule has 41 heavy (non-hydrogen) atoms. The van der Waals surface area contributed by atoms with E-state index in [9.17, 15) is 19.7 Å². The lowest BCUT2D eigenvalue weighted by molar-refractivity contribution is -0.384. The van der Waals surface area contributed by atoms with Gasteiger partial charge in [-0.25, -0.2) is 9.79 Å². The SMILES string of the molecule is CCOC(=O)C1=C(C)N=c2[nH]/c(=C\c3ccc(-c4ccc([N+](=O)[O-])cc4)[nH]3)c(=O)n2C1c1ccc(OC)c(OC)c1. The standard InChI is InChI=1S/C29H27N5O7/c1-5-41-28(36)25-16(2)30-29-32-22(15-19-9-12-21(31-19)17-6-10-20(11-7-17)34(37)38)27(35)33(29)26(25)18-8-13-23(39-3)24(14-18)40-4/h6-15,26,31H,5H2,1-4H3,(H,30,32)/b22-15-. The van der Waals surface area contributed by atoms with Crippen molar-refractivity contribution in [2.75, 3.05) is 20.8 Å². The Hall–Kier alpha value is -5.39. The van der Waals surface area contributed by atoms with Crippen LogP contribution in [0.25, 0.3) is 17.3 Å². The number of fused-ring (bicyclic) bond motifs is 1. The van der Waals surface area contributed by atoms with Gasteiger partial charge in [-0.3, -0.25) is 19.5 Å². The van der Waals surface area contributed by atoms with Crippen molar-refractivity contribution in [2.24, 2.45) is 4.99 Å². The number of non-ortho nitro benzene ring substituents is 1. The van der Waals surface area contributed by atoms with Crippen LogP contribution in [0.3, 0.4) is 0 Å². The molecule has 0 aliphatic carbocycles. The van der Waals surface area contributed by atoms with Gasteiger partial charge in [-0.2, -0.15) is 0 Å². The van der Waals surface area contributed by atoms with Crippen LogP contribution in [0.5, 0.6) is 11.5 Å². The molecule has 4 aromatic rings. The minimum Gasteiger partial charge on any atom is -0.493 e. The lowest BCUT2D eigenvalue weighted by Crippen LogP contribution is -2.40. The van der Waals surface area contributed by atoms with Crippen LogP contribution in [0.1, 0.15) is 31.1 Å². The Labute approximate surface area is 233 Å². The molecule has 0 fully saturated rings. The van der Waals surface area contributed by atoms with Gasteiger partial charge in [0.1, 0.15) is 5.35 Å². The first-order valence-corrected chi connectivity index (χ1v) is 12.7. The van der Waals surface area contributed by atoms with E-state index in [1.807, 2.05) is 6.07 Å². The molecule has 0 amide bonds. The number of nitro groups is 1. The summed E-state index contributed by atoms with van der Waals surface area (Å²) in [7, 11) is 3.03. The zero-order chi connectivity index (χ0) is 29.3. The predicted octanol–water partition coefficient (Wildman–Crippen LogP) is 2.99. The van der Waals surface area contributed by atoms with Crippen molar-refractivity contribution in [1.82, 2.24) is 14.5 Å². The molecule has 210 valence electrons. The molecule has 2 N–H and O–H groups in total. The van der Waals surface area contributed by atoms with Crippen molar-refractivity contribution in [3.05, 3.63) is 109 Å². The first kappa shape index (κ1) is 27.2. The van der Waals surface area contributed by atoms with Gasteiger partial charge >= 0.3 is 5.97 Å². The quantitative estimate of drug-likeness (QED) is 0.192. The highest BCUT2D eigenvalue weighted by Crippen LogP contribution is 2.35. The first-order valence-electron chi connectivity index (χ1n) is 12.7.